The van der Waals surface area contributed by atoms with E-state index in [-0.39, 0.29) is 11.7 Å². The summed E-state index contributed by atoms with van der Waals surface area (Å²) in [5.41, 5.74) is -0.258. The Bertz CT molecular complexity index is 340. The molecule has 0 aliphatic carbocycles. The zero-order chi connectivity index (χ0) is 16.9. The molecular formula is C18H35FN2O2. The second kappa shape index (κ2) is 8.75. The molecule has 0 saturated carbocycles. The van der Waals surface area contributed by atoms with Gasteiger partial charge in [-0.15, -0.1) is 0 Å². The van der Waals surface area contributed by atoms with Crippen LogP contribution < -0.4 is 0 Å². The van der Waals surface area contributed by atoms with E-state index in [4.69, 9.17) is 9.47 Å². The molecule has 2 unspecified atom stereocenters. The summed E-state index contributed by atoms with van der Waals surface area (Å²) in [5, 5.41) is 0. The van der Waals surface area contributed by atoms with Gasteiger partial charge in [0.05, 0.1) is 18.3 Å². The van der Waals surface area contributed by atoms with Crippen LogP contribution in [-0.4, -0.2) is 80.7 Å². The third-order valence-corrected chi connectivity index (χ3v) is 4.91. The van der Waals surface area contributed by atoms with Gasteiger partial charge in [-0.1, -0.05) is 0 Å². The van der Waals surface area contributed by atoms with Gasteiger partial charge < -0.3 is 14.4 Å². The molecule has 2 fully saturated rings. The van der Waals surface area contributed by atoms with Crippen LogP contribution in [0.5, 0.6) is 0 Å². The number of alkyl halides is 1. The number of methoxy groups -OCH3 is 1. The fourth-order valence-electron chi connectivity index (χ4n) is 3.68. The van der Waals surface area contributed by atoms with Crippen molar-refractivity contribution in [3.63, 3.8) is 0 Å². The molecule has 0 aromatic heterocycles. The third-order valence-electron chi connectivity index (χ3n) is 4.91. The maximum atomic E-state index is 14.4. The normalized spacial score (nSPS) is 29.1. The fraction of sp³-hybridized carbons (Fsp3) is 1.00. The van der Waals surface area contributed by atoms with E-state index in [1.807, 2.05) is 20.8 Å². The molecule has 2 heterocycles. The minimum Gasteiger partial charge on any atom is -0.383 e. The minimum absolute atomic E-state index is 0.234. The van der Waals surface area contributed by atoms with Crippen LogP contribution in [-0.2, 0) is 9.47 Å². The summed E-state index contributed by atoms with van der Waals surface area (Å²) < 4.78 is 25.4. The van der Waals surface area contributed by atoms with Crippen LogP contribution in [0, 0.1) is 5.92 Å². The molecule has 0 spiro atoms. The van der Waals surface area contributed by atoms with Gasteiger partial charge >= 0.3 is 0 Å². The van der Waals surface area contributed by atoms with Crippen molar-refractivity contribution in [3.05, 3.63) is 0 Å². The summed E-state index contributed by atoms with van der Waals surface area (Å²) in [6.07, 6.45) is 2.16. The van der Waals surface area contributed by atoms with Gasteiger partial charge in [0.2, 0.25) is 0 Å². The quantitative estimate of drug-likeness (QED) is 0.747. The number of piperidine rings is 2. The molecule has 2 aliphatic rings. The summed E-state index contributed by atoms with van der Waals surface area (Å²) >= 11 is 0. The Morgan fingerprint density at radius 3 is 2.26 bits per heavy atom. The van der Waals surface area contributed by atoms with E-state index in [1.54, 1.807) is 7.11 Å². The van der Waals surface area contributed by atoms with Crippen LogP contribution in [0.2, 0.25) is 0 Å². The zero-order valence-electron chi connectivity index (χ0n) is 15.4. The second-order valence-electron chi connectivity index (χ2n) is 8.11. The molecule has 0 radical (unpaired) electrons. The van der Waals surface area contributed by atoms with Crippen LogP contribution in [0.4, 0.5) is 4.39 Å². The van der Waals surface area contributed by atoms with Crippen molar-refractivity contribution < 1.29 is 13.9 Å². The molecule has 5 heteroatoms. The smallest absolute Gasteiger partial charge is 0.139 e. The van der Waals surface area contributed by atoms with Crippen LogP contribution in [0.15, 0.2) is 0 Å². The third kappa shape index (κ3) is 6.65. The SMILES string of the molecule is COCCN1CCC(CN2CCC(OC(C)(C)C)C(F)C2)CC1. The van der Waals surface area contributed by atoms with Crippen LogP contribution in [0.3, 0.4) is 0 Å². The Morgan fingerprint density at radius 1 is 1.04 bits per heavy atom. The van der Waals surface area contributed by atoms with Crippen LogP contribution in [0.1, 0.15) is 40.0 Å². The Hall–Kier alpha value is -0.230. The van der Waals surface area contributed by atoms with Gasteiger partial charge in [0.1, 0.15) is 6.17 Å². The first-order chi connectivity index (χ1) is 10.9. The van der Waals surface area contributed by atoms with Gasteiger partial charge in [0.25, 0.3) is 0 Å². The summed E-state index contributed by atoms with van der Waals surface area (Å²) in [6.45, 7) is 12.7. The lowest BCUT2D eigenvalue weighted by molar-refractivity contribution is -0.116. The number of hydrogen-bond acceptors (Lipinski definition) is 4. The van der Waals surface area contributed by atoms with Gasteiger partial charge in [-0.3, -0.25) is 4.90 Å². The lowest BCUT2D eigenvalue weighted by Gasteiger charge is -2.40. The highest BCUT2D eigenvalue weighted by atomic mass is 19.1. The first-order valence-electron chi connectivity index (χ1n) is 9.13. The monoisotopic (exact) mass is 330 g/mol. The molecule has 4 nitrogen and oxygen atoms in total. The standard InChI is InChI=1S/C18H35FN2O2/c1-18(2,3)23-17-7-10-21(14-16(17)19)13-15-5-8-20(9-6-15)11-12-22-4/h15-17H,5-14H2,1-4H3. The molecule has 2 rings (SSSR count). The number of hydrogen-bond donors (Lipinski definition) is 0. The lowest BCUT2D eigenvalue weighted by Crippen LogP contribution is -2.50. The van der Waals surface area contributed by atoms with Crippen molar-refractivity contribution in [1.82, 2.24) is 9.80 Å². The number of rotatable bonds is 6. The van der Waals surface area contributed by atoms with Crippen molar-refractivity contribution >= 4 is 0 Å². The highest BCUT2D eigenvalue weighted by Crippen LogP contribution is 2.25. The molecule has 136 valence electrons. The number of halogens is 1. The van der Waals surface area contributed by atoms with Crippen molar-refractivity contribution in [1.29, 1.82) is 0 Å². The second-order valence-corrected chi connectivity index (χ2v) is 8.11. The minimum atomic E-state index is -0.857. The fourth-order valence-corrected chi connectivity index (χ4v) is 3.68. The molecular weight excluding hydrogens is 295 g/mol. The Labute approximate surface area is 141 Å². The van der Waals surface area contributed by atoms with E-state index in [0.29, 0.717) is 12.5 Å². The topological polar surface area (TPSA) is 24.9 Å². The first-order valence-corrected chi connectivity index (χ1v) is 9.13. The van der Waals surface area contributed by atoms with Gasteiger partial charge in [-0.05, 0) is 59.0 Å². The first kappa shape index (κ1) is 19.1. The number of likely N-dealkylation sites (tertiary alicyclic amines) is 2. The van der Waals surface area contributed by atoms with E-state index in [9.17, 15) is 4.39 Å². The Morgan fingerprint density at radius 2 is 1.70 bits per heavy atom. The average Bonchev–Trinajstić information content (AvgIpc) is 2.48. The molecule has 0 aromatic rings. The summed E-state index contributed by atoms with van der Waals surface area (Å²) in [7, 11) is 1.76. The average molecular weight is 330 g/mol. The van der Waals surface area contributed by atoms with Crippen LogP contribution >= 0.6 is 0 Å². The highest BCUT2D eigenvalue weighted by molar-refractivity contribution is 4.85. The van der Waals surface area contributed by atoms with Gasteiger partial charge in [-0.25, -0.2) is 4.39 Å². The van der Waals surface area contributed by atoms with E-state index < -0.39 is 6.17 Å². The summed E-state index contributed by atoms with van der Waals surface area (Å²) in [6, 6.07) is 0. The Kier molecular flexibility index (Phi) is 7.26. The maximum absolute atomic E-state index is 14.4. The number of nitrogens with zero attached hydrogens (tertiary/aromatic N) is 2. The van der Waals surface area contributed by atoms with Crippen molar-refractivity contribution in [2.24, 2.45) is 5.92 Å². The predicted molar refractivity (Wildman–Crippen MR) is 91.6 cm³/mol. The predicted octanol–water partition coefficient (Wildman–Crippen LogP) is 2.57. The molecule has 0 aromatic carbocycles. The highest BCUT2D eigenvalue weighted by Gasteiger charge is 2.33. The molecule has 23 heavy (non-hydrogen) atoms. The van der Waals surface area contributed by atoms with E-state index in [0.717, 1.165) is 45.8 Å². The zero-order valence-corrected chi connectivity index (χ0v) is 15.4. The summed E-state index contributed by atoms with van der Waals surface area (Å²) in [5.74, 6) is 0.709. The summed E-state index contributed by atoms with van der Waals surface area (Å²) in [4.78, 5) is 4.78. The van der Waals surface area contributed by atoms with E-state index in [1.165, 1.54) is 12.8 Å². The molecule has 0 N–H and O–H groups in total. The van der Waals surface area contributed by atoms with Gasteiger partial charge in [0, 0.05) is 33.3 Å². The molecule has 2 atom stereocenters. The van der Waals surface area contributed by atoms with E-state index >= 15 is 0 Å². The lowest BCUT2D eigenvalue weighted by atomic mass is 9.94. The Balaban J connectivity index is 1.68. The van der Waals surface area contributed by atoms with Gasteiger partial charge in [-0.2, -0.15) is 0 Å². The molecule has 0 bridgehead atoms. The van der Waals surface area contributed by atoms with Crippen molar-refractivity contribution in [3.8, 4) is 0 Å². The van der Waals surface area contributed by atoms with Crippen LogP contribution in [0.25, 0.3) is 0 Å². The molecule has 0 amide bonds. The maximum Gasteiger partial charge on any atom is 0.139 e. The molecule has 2 saturated heterocycles. The number of ether oxygens (including phenoxy) is 2. The van der Waals surface area contributed by atoms with Gasteiger partial charge in [0.15, 0.2) is 0 Å². The van der Waals surface area contributed by atoms with Crippen molar-refractivity contribution in [2.45, 2.75) is 57.9 Å². The molecule has 2 aliphatic heterocycles. The largest absolute Gasteiger partial charge is 0.383 e. The van der Waals surface area contributed by atoms with E-state index in [2.05, 4.69) is 9.80 Å². The van der Waals surface area contributed by atoms with Crippen molar-refractivity contribution in [2.75, 3.05) is 53.0 Å².